The molecule has 0 amide bonds. The Balaban J connectivity index is 1.61. The Kier molecular flexibility index (Phi) is 7.28. The van der Waals surface area contributed by atoms with Gasteiger partial charge in [0.05, 0.1) is 11.9 Å². The van der Waals surface area contributed by atoms with Crippen LogP contribution in [0, 0.1) is 11.8 Å². The molecular weight excluding hydrogens is 450 g/mol. The first-order valence-electron chi connectivity index (χ1n) is 11.8. The van der Waals surface area contributed by atoms with Crippen LogP contribution in [-0.2, 0) is 13.1 Å². The lowest BCUT2D eigenvalue weighted by Gasteiger charge is -2.26. The van der Waals surface area contributed by atoms with Crippen molar-refractivity contribution < 1.29 is 14.6 Å². The van der Waals surface area contributed by atoms with Crippen LogP contribution in [0.1, 0.15) is 50.0 Å². The highest BCUT2D eigenvalue weighted by atomic mass is 16.5. The number of aromatic nitrogens is 4. The summed E-state index contributed by atoms with van der Waals surface area (Å²) in [5, 5.41) is 8.94. The van der Waals surface area contributed by atoms with E-state index in [0.717, 1.165) is 25.7 Å². The summed E-state index contributed by atoms with van der Waals surface area (Å²) in [6.07, 6.45) is 5.71. The third-order valence-electron chi connectivity index (χ3n) is 6.34. The predicted octanol–water partition coefficient (Wildman–Crippen LogP) is 3.30. The number of hydrogen-bond donors (Lipinski definition) is 2. The van der Waals surface area contributed by atoms with Crippen LogP contribution in [0.4, 0.5) is 5.69 Å². The normalized spacial score (nSPS) is 18.4. The average molecular weight is 480 g/mol. The first-order valence-corrected chi connectivity index (χ1v) is 11.8. The SMILES string of the molecule is CCn1c(=O)[nH]/c(=N\c2ccc(Oc3ccc(C(=O)O)nc3)cc2)n(C[C@H]2CC[C@H](C)CC2)c1=O. The highest BCUT2D eigenvalue weighted by molar-refractivity contribution is 5.85. The number of H-pyrrole nitrogens is 1. The van der Waals surface area contributed by atoms with Crippen molar-refractivity contribution in [1.82, 2.24) is 19.1 Å². The molecule has 0 radical (unpaired) electrons. The third kappa shape index (κ3) is 5.76. The first kappa shape index (κ1) is 24.2. The molecule has 4 rings (SSSR count). The maximum Gasteiger partial charge on any atom is 0.354 e. The minimum Gasteiger partial charge on any atom is -0.477 e. The summed E-state index contributed by atoms with van der Waals surface area (Å²) < 4.78 is 8.47. The quantitative estimate of drug-likeness (QED) is 0.534. The minimum absolute atomic E-state index is 0.0680. The zero-order chi connectivity index (χ0) is 24.9. The molecule has 2 aromatic heterocycles. The van der Waals surface area contributed by atoms with Crippen LogP contribution in [0.2, 0.25) is 0 Å². The molecular formula is C25H29N5O5. The van der Waals surface area contributed by atoms with E-state index in [-0.39, 0.29) is 23.5 Å². The predicted molar refractivity (Wildman–Crippen MR) is 129 cm³/mol. The van der Waals surface area contributed by atoms with E-state index < -0.39 is 11.7 Å². The topological polar surface area (TPSA) is 132 Å². The molecule has 0 bridgehead atoms. The van der Waals surface area contributed by atoms with Crippen LogP contribution in [0.3, 0.4) is 0 Å². The molecule has 1 aromatic carbocycles. The van der Waals surface area contributed by atoms with Crippen molar-refractivity contribution in [3.8, 4) is 11.5 Å². The Bertz CT molecular complexity index is 1360. The van der Waals surface area contributed by atoms with Gasteiger partial charge in [-0.05, 0) is 68.0 Å². The van der Waals surface area contributed by atoms with Crippen molar-refractivity contribution in [2.24, 2.45) is 16.8 Å². The van der Waals surface area contributed by atoms with Gasteiger partial charge < -0.3 is 9.84 Å². The Morgan fingerprint density at radius 2 is 1.77 bits per heavy atom. The summed E-state index contributed by atoms with van der Waals surface area (Å²) >= 11 is 0. The molecule has 35 heavy (non-hydrogen) atoms. The molecule has 2 heterocycles. The van der Waals surface area contributed by atoms with Crippen molar-refractivity contribution in [3.63, 3.8) is 0 Å². The van der Waals surface area contributed by atoms with Crippen LogP contribution in [0.25, 0.3) is 0 Å². The lowest BCUT2D eigenvalue weighted by molar-refractivity contribution is 0.0690. The van der Waals surface area contributed by atoms with Gasteiger partial charge in [0, 0.05) is 13.1 Å². The largest absolute Gasteiger partial charge is 0.477 e. The highest BCUT2D eigenvalue weighted by Crippen LogP contribution is 2.29. The standard InChI is InChI=1S/C25H29N5O5/c1-3-29-24(33)28-23(30(25(29)34)15-17-6-4-16(2)5-7-17)27-18-8-10-19(11-9-18)35-20-12-13-21(22(31)32)26-14-20/h8-14,16-17H,3-7,15H2,1-2H3,(H,31,32)(H,27,28,33)/t16-,17-. The highest BCUT2D eigenvalue weighted by Gasteiger charge is 2.20. The number of aromatic carboxylic acids is 1. The van der Waals surface area contributed by atoms with Crippen LogP contribution >= 0.6 is 0 Å². The van der Waals surface area contributed by atoms with E-state index in [1.165, 1.54) is 22.9 Å². The number of carboxylic acid groups (broad SMARTS) is 1. The van der Waals surface area contributed by atoms with E-state index in [0.29, 0.717) is 35.6 Å². The zero-order valence-electron chi connectivity index (χ0n) is 19.8. The van der Waals surface area contributed by atoms with Crippen LogP contribution in [0.5, 0.6) is 11.5 Å². The van der Waals surface area contributed by atoms with Crippen LogP contribution < -0.4 is 21.7 Å². The van der Waals surface area contributed by atoms with Gasteiger partial charge in [0.25, 0.3) is 0 Å². The molecule has 0 aliphatic heterocycles. The number of hydrogen-bond acceptors (Lipinski definition) is 6. The number of ether oxygens (including phenoxy) is 1. The Hall–Kier alpha value is -3.95. The fourth-order valence-electron chi connectivity index (χ4n) is 4.27. The van der Waals surface area contributed by atoms with Gasteiger partial charge in [0.1, 0.15) is 17.2 Å². The number of nitrogens with one attached hydrogen (secondary N) is 1. The second-order valence-electron chi connectivity index (χ2n) is 8.91. The van der Waals surface area contributed by atoms with Crippen molar-refractivity contribution in [2.45, 2.75) is 52.6 Å². The molecule has 1 aliphatic rings. The number of benzene rings is 1. The molecule has 1 fully saturated rings. The fraction of sp³-hybridized carbons (Fsp3) is 0.400. The van der Waals surface area contributed by atoms with E-state index in [1.807, 2.05) is 0 Å². The van der Waals surface area contributed by atoms with Gasteiger partial charge in [-0.2, -0.15) is 0 Å². The maximum absolute atomic E-state index is 13.1. The summed E-state index contributed by atoms with van der Waals surface area (Å²) in [4.78, 5) is 47.6. The molecule has 0 atom stereocenters. The fourth-order valence-corrected chi connectivity index (χ4v) is 4.27. The summed E-state index contributed by atoms with van der Waals surface area (Å²) in [6, 6.07) is 9.71. The van der Waals surface area contributed by atoms with Gasteiger partial charge in [0.2, 0.25) is 5.62 Å². The van der Waals surface area contributed by atoms with Crippen LogP contribution in [-0.4, -0.2) is 30.2 Å². The zero-order valence-corrected chi connectivity index (χ0v) is 19.8. The molecule has 0 unspecified atom stereocenters. The number of nitrogens with zero attached hydrogens (tertiary/aromatic N) is 4. The Morgan fingerprint density at radius 1 is 1.09 bits per heavy atom. The summed E-state index contributed by atoms with van der Waals surface area (Å²) in [7, 11) is 0. The molecule has 0 spiro atoms. The Labute approximate surface area is 201 Å². The van der Waals surface area contributed by atoms with E-state index in [1.54, 1.807) is 35.8 Å². The minimum atomic E-state index is -1.11. The molecule has 1 aliphatic carbocycles. The van der Waals surface area contributed by atoms with Gasteiger partial charge in [-0.1, -0.05) is 19.8 Å². The van der Waals surface area contributed by atoms with Gasteiger partial charge in [-0.3, -0.25) is 9.55 Å². The lowest BCUT2D eigenvalue weighted by atomic mass is 9.83. The molecule has 0 saturated heterocycles. The van der Waals surface area contributed by atoms with Crippen LogP contribution in [0.15, 0.2) is 57.2 Å². The summed E-state index contributed by atoms with van der Waals surface area (Å²) in [5.74, 6) is 0.864. The van der Waals surface area contributed by atoms with Crippen molar-refractivity contribution in [3.05, 3.63) is 74.9 Å². The second kappa shape index (κ2) is 10.5. The Morgan fingerprint density at radius 3 is 2.37 bits per heavy atom. The van der Waals surface area contributed by atoms with E-state index in [9.17, 15) is 14.4 Å². The first-order chi connectivity index (χ1) is 16.8. The van der Waals surface area contributed by atoms with E-state index >= 15 is 0 Å². The molecule has 2 N–H and O–H groups in total. The van der Waals surface area contributed by atoms with Gasteiger partial charge in [-0.15, -0.1) is 0 Å². The maximum atomic E-state index is 13.1. The number of aromatic amines is 1. The molecule has 1 saturated carbocycles. The van der Waals surface area contributed by atoms with Gasteiger partial charge in [-0.25, -0.2) is 28.9 Å². The molecule has 10 heteroatoms. The molecule has 3 aromatic rings. The number of carbonyl (C=O) groups is 1. The van der Waals surface area contributed by atoms with Crippen molar-refractivity contribution in [2.75, 3.05) is 0 Å². The average Bonchev–Trinajstić information content (AvgIpc) is 2.84. The van der Waals surface area contributed by atoms with E-state index in [2.05, 4.69) is 21.9 Å². The van der Waals surface area contributed by atoms with Gasteiger partial charge in [0.15, 0.2) is 0 Å². The molecule has 184 valence electrons. The third-order valence-corrected chi connectivity index (χ3v) is 6.34. The van der Waals surface area contributed by atoms with E-state index in [4.69, 9.17) is 9.84 Å². The monoisotopic (exact) mass is 479 g/mol. The summed E-state index contributed by atoms with van der Waals surface area (Å²) in [6.45, 7) is 4.82. The molecule has 10 nitrogen and oxygen atoms in total. The summed E-state index contributed by atoms with van der Waals surface area (Å²) in [5.41, 5.74) is -0.132. The number of carboxylic acids is 1. The lowest BCUT2D eigenvalue weighted by Crippen LogP contribution is -2.50. The van der Waals surface area contributed by atoms with Crippen molar-refractivity contribution >= 4 is 11.7 Å². The van der Waals surface area contributed by atoms with Crippen molar-refractivity contribution in [1.29, 1.82) is 0 Å². The van der Waals surface area contributed by atoms with Gasteiger partial charge >= 0.3 is 17.3 Å². The second-order valence-corrected chi connectivity index (χ2v) is 8.91. The number of pyridine rings is 1. The smallest absolute Gasteiger partial charge is 0.354 e. The number of rotatable bonds is 7.